The molecular formula is C12H12O2. The Kier molecular flexibility index (Phi) is 4.21. The fourth-order valence-electron chi connectivity index (χ4n) is 0.919. The molecule has 0 aliphatic heterocycles. The van der Waals surface area contributed by atoms with Gasteiger partial charge in [-0.25, -0.2) is 0 Å². The second-order valence-corrected chi connectivity index (χ2v) is 2.70. The van der Waals surface area contributed by atoms with Crippen molar-refractivity contribution in [2.45, 2.75) is 6.42 Å². The van der Waals surface area contributed by atoms with Crippen LogP contribution in [0.25, 0.3) is 6.08 Å². The van der Waals surface area contributed by atoms with Gasteiger partial charge in [0.05, 0.1) is 12.7 Å². The minimum atomic E-state index is -0.299. The van der Waals surface area contributed by atoms with Crippen LogP contribution in [0.3, 0.4) is 0 Å². The van der Waals surface area contributed by atoms with Crippen molar-refractivity contribution in [3.8, 4) is 0 Å². The van der Waals surface area contributed by atoms with Crippen molar-refractivity contribution < 1.29 is 9.53 Å². The molecule has 0 bridgehead atoms. The fraction of sp³-hybridized carbons (Fsp3) is 0.0833. The smallest absolute Gasteiger partial charge is 0.314 e. The Morgan fingerprint density at radius 2 is 2.07 bits per heavy atom. The highest BCUT2D eigenvalue weighted by atomic mass is 16.5. The molecule has 0 radical (unpaired) electrons. The minimum Gasteiger partial charge on any atom is -0.434 e. The van der Waals surface area contributed by atoms with Crippen LogP contribution in [-0.4, -0.2) is 5.97 Å². The van der Waals surface area contributed by atoms with Crippen molar-refractivity contribution in [1.82, 2.24) is 0 Å². The summed E-state index contributed by atoms with van der Waals surface area (Å²) in [4.78, 5) is 10.9. The van der Waals surface area contributed by atoms with Gasteiger partial charge in [0.1, 0.15) is 0 Å². The molecule has 0 amide bonds. The SMILES string of the molecule is C=CCC(=O)OC=Cc1ccccc1. The van der Waals surface area contributed by atoms with Gasteiger partial charge in [-0.1, -0.05) is 36.4 Å². The van der Waals surface area contributed by atoms with Crippen LogP contribution in [0.15, 0.2) is 49.2 Å². The topological polar surface area (TPSA) is 26.3 Å². The van der Waals surface area contributed by atoms with Crippen molar-refractivity contribution in [1.29, 1.82) is 0 Å². The summed E-state index contributed by atoms with van der Waals surface area (Å²) in [5.41, 5.74) is 0.999. The van der Waals surface area contributed by atoms with Crippen LogP contribution in [0, 0.1) is 0 Å². The predicted molar refractivity (Wildman–Crippen MR) is 56.4 cm³/mol. The van der Waals surface area contributed by atoms with E-state index in [-0.39, 0.29) is 12.4 Å². The van der Waals surface area contributed by atoms with Crippen molar-refractivity contribution in [2.75, 3.05) is 0 Å². The molecule has 0 aromatic heterocycles. The number of esters is 1. The normalized spacial score (nSPS) is 10.0. The van der Waals surface area contributed by atoms with Gasteiger partial charge in [0.2, 0.25) is 0 Å². The Balaban J connectivity index is 2.42. The van der Waals surface area contributed by atoms with Crippen molar-refractivity contribution >= 4 is 12.0 Å². The molecule has 1 aromatic rings. The Labute approximate surface area is 83.5 Å². The second-order valence-electron chi connectivity index (χ2n) is 2.70. The summed E-state index contributed by atoms with van der Waals surface area (Å²) in [5, 5.41) is 0. The summed E-state index contributed by atoms with van der Waals surface area (Å²) in [6.45, 7) is 3.44. The van der Waals surface area contributed by atoms with Gasteiger partial charge in [0.15, 0.2) is 0 Å². The van der Waals surface area contributed by atoms with Crippen LogP contribution in [0.1, 0.15) is 12.0 Å². The molecule has 0 aliphatic rings. The van der Waals surface area contributed by atoms with E-state index in [9.17, 15) is 4.79 Å². The molecule has 0 spiro atoms. The Morgan fingerprint density at radius 1 is 1.36 bits per heavy atom. The maximum absolute atomic E-state index is 10.9. The fourth-order valence-corrected chi connectivity index (χ4v) is 0.919. The molecule has 0 atom stereocenters. The highest BCUT2D eigenvalue weighted by Gasteiger charge is 1.94. The third-order valence-electron chi connectivity index (χ3n) is 1.57. The second kappa shape index (κ2) is 5.75. The zero-order valence-corrected chi connectivity index (χ0v) is 7.85. The third-order valence-corrected chi connectivity index (χ3v) is 1.57. The molecule has 0 fully saturated rings. The molecule has 0 unspecified atom stereocenters. The lowest BCUT2D eigenvalue weighted by Gasteiger charge is -1.94. The van der Waals surface area contributed by atoms with Gasteiger partial charge in [0, 0.05) is 0 Å². The molecule has 0 saturated carbocycles. The number of rotatable bonds is 4. The van der Waals surface area contributed by atoms with Gasteiger partial charge in [-0.15, -0.1) is 6.58 Å². The first-order chi connectivity index (χ1) is 6.83. The summed E-state index contributed by atoms with van der Waals surface area (Å²) >= 11 is 0. The lowest BCUT2D eigenvalue weighted by Crippen LogP contribution is -1.95. The standard InChI is InChI=1S/C12H12O2/c1-2-6-12(13)14-10-9-11-7-4-3-5-8-11/h2-5,7-10H,1,6H2. The average molecular weight is 188 g/mol. The molecule has 72 valence electrons. The van der Waals surface area contributed by atoms with E-state index in [0.29, 0.717) is 0 Å². The monoisotopic (exact) mass is 188 g/mol. The van der Waals surface area contributed by atoms with E-state index in [1.165, 1.54) is 12.3 Å². The zero-order valence-electron chi connectivity index (χ0n) is 7.85. The van der Waals surface area contributed by atoms with E-state index in [2.05, 4.69) is 6.58 Å². The van der Waals surface area contributed by atoms with E-state index in [4.69, 9.17) is 4.74 Å². The molecule has 0 N–H and O–H groups in total. The highest BCUT2D eigenvalue weighted by molar-refractivity contribution is 5.72. The Bertz CT molecular complexity index is 325. The summed E-state index contributed by atoms with van der Waals surface area (Å²) in [7, 11) is 0. The van der Waals surface area contributed by atoms with Gasteiger partial charge in [-0.2, -0.15) is 0 Å². The number of hydrogen-bond acceptors (Lipinski definition) is 2. The predicted octanol–water partition coefficient (Wildman–Crippen LogP) is 2.78. The van der Waals surface area contributed by atoms with Crippen LogP contribution in [0.5, 0.6) is 0 Å². The van der Waals surface area contributed by atoms with Crippen LogP contribution in [0.4, 0.5) is 0 Å². The Morgan fingerprint density at radius 3 is 2.71 bits per heavy atom. The average Bonchev–Trinajstić information content (AvgIpc) is 2.20. The maximum Gasteiger partial charge on any atom is 0.314 e. The van der Waals surface area contributed by atoms with Gasteiger partial charge in [-0.3, -0.25) is 4.79 Å². The molecule has 1 rings (SSSR count). The van der Waals surface area contributed by atoms with E-state index in [1.54, 1.807) is 6.08 Å². The van der Waals surface area contributed by atoms with E-state index in [0.717, 1.165) is 5.56 Å². The number of benzene rings is 1. The van der Waals surface area contributed by atoms with Crippen LogP contribution < -0.4 is 0 Å². The minimum absolute atomic E-state index is 0.235. The Hall–Kier alpha value is -1.83. The van der Waals surface area contributed by atoms with E-state index in [1.807, 2.05) is 30.3 Å². The van der Waals surface area contributed by atoms with Gasteiger partial charge >= 0.3 is 5.97 Å². The number of carbonyl (C=O) groups is 1. The summed E-state index contributed by atoms with van der Waals surface area (Å²) in [5.74, 6) is -0.299. The molecule has 2 nitrogen and oxygen atoms in total. The molecule has 14 heavy (non-hydrogen) atoms. The van der Waals surface area contributed by atoms with E-state index >= 15 is 0 Å². The first-order valence-electron chi connectivity index (χ1n) is 4.35. The summed E-state index contributed by atoms with van der Waals surface area (Å²) in [6.07, 6.45) is 4.87. The molecular weight excluding hydrogens is 176 g/mol. The maximum atomic E-state index is 10.9. The molecule has 1 aromatic carbocycles. The van der Waals surface area contributed by atoms with Gasteiger partial charge < -0.3 is 4.74 Å². The van der Waals surface area contributed by atoms with Crippen LogP contribution in [0.2, 0.25) is 0 Å². The van der Waals surface area contributed by atoms with Crippen molar-refractivity contribution in [3.05, 3.63) is 54.8 Å². The van der Waals surface area contributed by atoms with Crippen LogP contribution in [-0.2, 0) is 9.53 Å². The lowest BCUT2D eigenvalue weighted by atomic mass is 10.2. The van der Waals surface area contributed by atoms with Crippen LogP contribution >= 0.6 is 0 Å². The zero-order chi connectivity index (χ0) is 10.2. The summed E-state index contributed by atoms with van der Waals surface area (Å²) in [6, 6.07) is 9.63. The molecule has 2 heteroatoms. The quantitative estimate of drug-likeness (QED) is 0.412. The van der Waals surface area contributed by atoms with Crippen molar-refractivity contribution in [3.63, 3.8) is 0 Å². The molecule has 0 aliphatic carbocycles. The molecule has 0 heterocycles. The first kappa shape index (κ1) is 10.3. The molecule has 0 saturated heterocycles. The first-order valence-corrected chi connectivity index (χ1v) is 4.35. The van der Waals surface area contributed by atoms with E-state index < -0.39 is 0 Å². The number of carbonyl (C=O) groups excluding carboxylic acids is 1. The van der Waals surface area contributed by atoms with Gasteiger partial charge in [0.25, 0.3) is 0 Å². The number of ether oxygens (including phenoxy) is 1. The largest absolute Gasteiger partial charge is 0.434 e. The van der Waals surface area contributed by atoms with Crippen molar-refractivity contribution in [2.24, 2.45) is 0 Å². The highest BCUT2D eigenvalue weighted by Crippen LogP contribution is 2.01. The summed E-state index contributed by atoms with van der Waals surface area (Å²) < 4.78 is 4.80. The third kappa shape index (κ3) is 3.72. The lowest BCUT2D eigenvalue weighted by molar-refractivity contribution is -0.136. The number of hydrogen-bond donors (Lipinski definition) is 0. The van der Waals surface area contributed by atoms with Gasteiger partial charge in [-0.05, 0) is 11.6 Å².